The fraction of sp³-hybridized carbons (Fsp3) is 0.303. The van der Waals surface area contributed by atoms with Crippen molar-refractivity contribution in [1.29, 1.82) is 0 Å². The summed E-state index contributed by atoms with van der Waals surface area (Å²) in [6.45, 7) is 5.01. The Labute approximate surface area is 244 Å². The van der Waals surface area contributed by atoms with Crippen molar-refractivity contribution in [1.82, 2.24) is 15.2 Å². The maximum atomic E-state index is 14.1. The number of methoxy groups -OCH3 is 1. The quantitative estimate of drug-likeness (QED) is 0.214. The van der Waals surface area contributed by atoms with Crippen molar-refractivity contribution in [2.24, 2.45) is 0 Å². The first-order chi connectivity index (χ1) is 20.4. The minimum atomic E-state index is -0.660. The van der Waals surface area contributed by atoms with Crippen molar-refractivity contribution >= 4 is 34.4 Å². The highest BCUT2D eigenvalue weighted by Gasteiger charge is 2.53. The molecule has 42 heavy (non-hydrogen) atoms. The number of imide groups is 1. The van der Waals surface area contributed by atoms with Gasteiger partial charge >= 0.3 is 6.03 Å². The minimum Gasteiger partial charge on any atom is -0.497 e. The average Bonchev–Trinajstić information content (AvgIpc) is 3.50. The van der Waals surface area contributed by atoms with Gasteiger partial charge in [0.05, 0.1) is 18.9 Å². The predicted molar refractivity (Wildman–Crippen MR) is 160 cm³/mol. The van der Waals surface area contributed by atoms with Crippen molar-refractivity contribution in [3.63, 3.8) is 0 Å². The summed E-state index contributed by atoms with van der Waals surface area (Å²) in [5.41, 5.74) is 4.69. The average molecular weight is 567 g/mol. The monoisotopic (exact) mass is 566 g/mol. The first-order valence-corrected chi connectivity index (χ1v) is 14.3. The largest absolute Gasteiger partial charge is 0.497 e. The van der Waals surface area contributed by atoms with Crippen LogP contribution in [0.3, 0.4) is 0 Å². The summed E-state index contributed by atoms with van der Waals surface area (Å²) in [5, 5.41) is 3.94. The number of aromatic nitrogens is 1. The van der Waals surface area contributed by atoms with Gasteiger partial charge in [0.2, 0.25) is 0 Å². The molecule has 2 aliphatic rings. The van der Waals surface area contributed by atoms with E-state index in [2.05, 4.69) is 10.3 Å². The molecule has 3 aromatic carbocycles. The van der Waals surface area contributed by atoms with E-state index in [1.165, 1.54) is 4.90 Å². The van der Waals surface area contributed by atoms with Crippen molar-refractivity contribution in [3.8, 4) is 5.75 Å². The zero-order valence-corrected chi connectivity index (χ0v) is 23.9. The van der Waals surface area contributed by atoms with E-state index >= 15 is 0 Å². The van der Waals surface area contributed by atoms with Gasteiger partial charge in [-0.05, 0) is 73.9 Å². The lowest BCUT2D eigenvalue weighted by atomic mass is 9.89. The topological polar surface area (TPSA) is 104 Å². The molecule has 4 amide bonds. The van der Waals surface area contributed by atoms with Gasteiger partial charge in [-0.25, -0.2) is 9.69 Å². The molecule has 0 saturated carbocycles. The molecule has 1 saturated heterocycles. The van der Waals surface area contributed by atoms with Gasteiger partial charge in [0.25, 0.3) is 11.8 Å². The fourth-order valence-corrected chi connectivity index (χ4v) is 5.90. The van der Waals surface area contributed by atoms with Crippen molar-refractivity contribution in [2.45, 2.75) is 44.9 Å². The van der Waals surface area contributed by atoms with Crippen LogP contribution in [0.25, 0.3) is 10.9 Å². The third-order valence-corrected chi connectivity index (χ3v) is 7.93. The molecule has 2 unspecified atom stereocenters. The van der Waals surface area contributed by atoms with E-state index < -0.39 is 18.1 Å². The second-order valence-electron chi connectivity index (χ2n) is 10.9. The number of benzene rings is 3. The Hall–Kier alpha value is -4.63. The predicted octanol–water partition coefficient (Wildman–Crippen LogP) is 5.20. The zero-order valence-electron chi connectivity index (χ0n) is 23.9. The molecule has 0 bridgehead atoms. The third kappa shape index (κ3) is 4.90. The number of urea groups is 1. The summed E-state index contributed by atoms with van der Waals surface area (Å²) in [4.78, 5) is 47.1. The van der Waals surface area contributed by atoms with Gasteiger partial charge < -0.3 is 19.8 Å². The molecule has 9 heteroatoms. The maximum Gasteiger partial charge on any atom is 0.332 e. The highest BCUT2D eigenvalue weighted by atomic mass is 16.5. The molecule has 0 spiro atoms. The Morgan fingerprint density at radius 1 is 1.02 bits per heavy atom. The maximum absolute atomic E-state index is 14.1. The third-order valence-electron chi connectivity index (χ3n) is 7.93. The Kier molecular flexibility index (Phi) is 7.43. The molecule has 9 nitrogen and oxygen atoms in total. The molecule has 2 N–H and O–H groups in total. The van der Waals surface area contributed by atoms with E-state index in [0.717, 1.165) is 27.7 Å². The number of H-pyrrole nitrogens is 1. The summed E-state index contributed by atoms with van der Waals surface area (Å²) in [5.74, 6) is 0.214. The summed E-state index contributed by atoms with van der Waals surface area (Å²) >= 11 is 0. The molecule has 1 fully saturated rings. The van der Waals surface area contributed by atoms with Gasteiger partial charge in [0.1, 0.15) is 17.8 Å². The van der Waals surface area contributed by atoms with Gasteiger partial charge in [-0.2, -0.15) is 0 Å². The Bertz CT molecular complexity index is 1630. The lowest BCUT2D eigenvalue weighted by molar-refractivity contribution is -0.120. The number of hydrogen-bond donors (Lipinski definition) is 2. The number of aromatic amines is 1. The number of hydrogen-bond acceptors (Lipinski definition) is 5. The molecule has 6 rings (SSSR count). The molecule has 4 aromatic rings. The van der Waals surface area contributed by atoms with Crippen LogP contribution < -0.4 is 15.0 Å². The van der Waals surface area contributed by atoms with Crippen LogP contribution in [-0.2, 0) is 16.0 Å². The number of carbonyl (C=O) groups excluding carboxylic acids is 3. The van der Waals surface area contributed by atoms with Crippen LogP contribution in [0.5, 0.6) is 5.75 Å². The molecule has 3 heterocycles. The van der Waals surface area contributed by atoms with Crippen LogP contribution in [0.15, 0.2) is 72.8 Å². The summed E-state index contributed by atoms with van der Waals surface area (Å²) < 4.78 is 10.9. The zero-order chi connectivity index (χ0) is 29.4. The number of carbonyl (C=O) groups is 3. The normalized spacial score (nSPS) is 18.0. The van der Waals surface area contributed by atoms with Crippen molar-refractivity contribution in [2.75, 3.05) is 25.2 Å². The fourth-order valence-electron chi connectivity index (χ4n) is 5.90. The van der Waals surface area contributed by atoms with E-state index in [1.54, 1.807) is 36.3 Å². The van der Waals surface area contributed by atoms with E-state index in [-0.39, 0.29) is 17.9 Å². The van der Waals surface area contributed by atoms with Gasteiger partial charge in [-0.15, -0.1) is 0 Å². The molecular formula is C33H34N4O5. The highest BCUT2D eigenvalue weighted by Crippen LogP contribution is 2.45. The molecular weight excluding hydrogens is 532 g/mol. The summed E-state index contributed by atoms with van der Waals surface area (Å²) in [6, 6.07) is 20.7. The molecule has 0 radical (unpaired) electrons. The van der Waals surface area contributed by atoms with Gasteiger partial charge in [-0.1, -0.05) is 30.3 Å². The van der Waals surface area contributed by atoms with Gasteiger partial charge in [0, 0.05) is 41.7 Å². The number of amides is 4. The van der Waals surface area contributed by atoms with Crippen LogP contribution in [0.1, 0.15) is 53.5 Å². The Balaban J connectivity index is 1.28. The van der Waals surface area contributed by atoms with Crippen LogP contribution >= 0.6 is 0 Å². The van der Waals surface area contributed by atoms with Crippen molar-refractivity contribution < 1.29 is 23.9 Å². The van der Waals surface area contributed by atoms with Crippen LogP contribution in [0, 0.1) is 0 Å². The number of rotatable bonds is 9. The highest BCUT2D eigenvalue weighted by molar-refractivity contribution is 6.22. The number of para-hydroxylation sites is 1. The number of anilines is 1. The van der Waals surface area contributed by atoms with E-state index in [0.29, 0.717) is 43.0 Å². The smallest absolute Gasteiger partial charge is 0.332 e. The molecule has 2 atom stereocenters. The van der Waals surface area contributed by atoms with Crippen LogP contribution in [0.4, 0.5) is 10.5 Å². The van der Waals surface area contributed by atoms with E-state index in [4.69, 9.17) is 9.47 Å². The summed E-state index contributed by atoms with van der Waals surface area (Å²) in [7, 11) is 1.61. The summed E-state index contributed by atoms with van der Waals surface area (Å²) in [6.07, 6.45) is 1.27. The SMILES string of the molecule is COc1ccc(C2c3[nH]c4ccccc4c3CC3C(=O)N(c4ccc(C(=O)NCCCOC(C)C)cc4)C(=O)N32)cc1. The number of fused-ring (bicyclic) bond motifs is 4. The lowest BCUT2D eigenvalue weighted by Crippen LogP contribution is -2.44. The molecule has 216 valence electrons. The molecule has 2 aliphatic heterocycles. The van der Waals surface area contributed by atoms with Gasteiger partial charge in [0.15, 0.2) is 0 Å². The van der Waals surface area contributed by atoms with E-state index in [1.807, 2.05) is 62.4 Å². The number of ether oxygens (including phenoxy) is 2. The number of nitrogens with zero attached hydrogens (tertiary/aromatic N) is 2. The Morgan fingerprint density at radius 3 is 2.48 bits per heavy atom. The minimum absolute atomic E-state index is 0.153. The van der Waals surface area contributed by atoms with Gasteiger partial charge in [-0.3, -0.25) is 14.5 Å². The molecule has 0 aliphatic carbocycles. The number of nitrogens with one attached hydrogen (secondary N) is 2. The van der Waals surface area contributed by atoms with E-state index in [9.17, 15) is 14.4 Å². The second kappa shape index (κ2) is 11.3. The first-order valence-electron chi connectivity index (χ1n) is 14.3. The Morgan fingerprint density at radius 2 is 1.76 bits per heavy atom. The van der Waals surface area contributed by atoms with Crippen molar-refractivity contribution in [3.05, 3.63) is 95.2 Å². The standard InChI is InChI=1S/C33H34N4O5/c1-20(2)42-18-6-17-34-31(38)22-9-13-23(14-10-22)36-32(39)28-19-26-25-7-4-5-8-27(25)35-29(26)30(37(28)33(36)40)21-11-15-24(41-3)16-12-21/h4-5,7-16,20,28,30,35H,6,17-19H2,1-3H3,(H,34,38). The first kappa shape index (κ1) is 27.5. The van der Waals surface area contributed by atoms with Crippen LogP contribution in [-0.4, -0.2) is 60.1 Å². The van der Waals surface area contributed by atoms with Crippen LogP contribution in [0.2, 0.25) is 0 Å². The lowest BCUT2D eigenvalue weighted by Gasteiger charge is -2.36. The second-order valence-corrected chi connectivity index (χ2v) is 10.9. The molecule has 1 aromatic heterocycles.